The summed E-state index contributed by atoms with van der Waals surface area (Å²) in [5, 5.41) is 0. The summed E-state index contributed by atoms with van der Waals surface area (Å²) in [6.07, 6.45) is 0.482. The molecule has 0 saturated carbocycles. The Bertz CT molecular complexity index is 617. The topological polar surface area (TPSA) is 38.0 Å². The maximum absolute atomic E-state index is 13.9. The van der Waals surface area contributed by atoms with Gasteiger partial charge in [0.15, 0.2) is 0 Å². The number of rotatable bonds is 4. The van der Waals surface area contributed by atoms with Crippen LogP contribution in [0.5, 0.6) is 0 Å². The third-order valence-corrected chi connectivity index (χ3v) is 3.76. The van der Waals surface area contributed by atoms with Crippen LogP contribution in [0.4, 0.5) is 8.78 Å². The minimum absolute atomic E-state index is 0.280. The van der Waals surface area contributed by atoms with E-state index in [1.165, 1.54) is 18.2 Å². The van der Waals surface area contributed by atoms with Gasteiger partial charge in [-0.1, -0.05) is 22.0 Å². The van der Waals surface area contributed by atoms with Crippen LogP contribution in [-0.2, 0) is 6.42 Å². The monoisotopic (exact) mass is 340 g/mol. The quantitative estimate of drug-likeness (QED) is 0.656. The van der Waals surface area contributed by atoms with Gasteiger partial charge in [0.1, 0.15) is 11.6 Å². The first-order valence-electron chi connectivity index (χ1n) is 6.17. The maximum Gasteiger partial charge on any atom is 0.128 e. The Morgan fingerprint density at radius 2 is 1.95 bits per heavy atom. The number of hydrazine groups is 1. The molecular weight excluding hydrogens is 326 g/mol. The molecule has 0 aromatic heterocycles. The van der Waals surface area contributed by atoms with Crippen LogP contribution >= 0.6 is 15.9 Å². The van der Waals surface area contributed by atoms with Crippen LogP contribution in [0.3, 0.4) is 0 Å². The molecule has 0 spiro atoms. The molecule has 106 valence electrons. The van der Waals surface area contributed by atoms with E-state index in [0.717, 1.165) is 15.6 Å². The zero-order valence-electron chi connectivity index (χ0n) is 11.0. The number of hydrogen-bond donors (Lipinski definition) is 2. The maximum atomic E-state index is 13.9. The molecule has 20 heavy (non-hydrogen) atoms. The lowest BCUT2D eigenvalue weighted by Gasteiger charge is -2.18. The summed E-state index contributed by atoms with van der Waals surface area (Å²) in [7, 11) is 0. The van der Waals surface area contributed by atoms with Gasteiger partial charge in [0.25, 0.3) is 0 Å². The molecule has 1 unspecified atom stereocenters. The summed E-state index contributed by atoms with van der Waals surface area (Å²) >= 11 is 3.32. The van der Waals surface area contributed by atoms with Crippen LogP contribution in [0.1, 0.15) is 22.7 Å². The Kier molecular flexibility index (Phi) is 4.86. The summed E-state index contributed by atoms with van der Waals surface area (Å²) in [5.74, 6) is 4.94. The van der Waals surface area contributed by atoms with Crippen molar-refractivity contribution in [2.75, 3.05) is 0 Å². The highest BCUT2D eigenvalue weighted by Gasteiger charge is 2.16. The average molecular weight is 341 g/mol. The van der Waals surface area contributed by atoms with Crippen LogP contribution in [0, 0.1) is 18.6 Å². The van der Waals surface area contributed by atoms with E-state index >= 15 is 0 Å². The Balaban J connectivity index is 2.31. The zero-order chi connectivity index (χ0) is 14.7. The Morgan fingerprint density at radius 1 is 1.20 bits per heavy atom. The summed E-state index contributed by atoms with van der Waals surface area (Å²) in [5.41, 5.74) is 4.84. The minimum Gasteiger partial charge on any atom is -0.271 e. The van der Waals surface area contributed by atoms with Crippen LogP contribution in [0.2, 0.25) is 0 Å². The van der Waals surface area contributed by atoms with Crippen molar-refractivity contribution >= 4 is 15.9 Å². The van der Waals surface area contributed by atoms with E-state index in [0.29, 0.717) is 12.0 Å². The summed E-state index contributed by atoms with van der Waals surface area (Å²) in [6, 6.07) is 8.89. The zero-order valence-corrected chi connectivity index (χ0v) is 12.5. The number of aryl methyl sites for hydroxylation is 1. The van der Waals surface area contributed by atoms with Gasteiger partial charge in [-0.2, -0.15) is 0 Å². The van der Waals surface area contributed by atoms with Crippen molar-refractivity contribution in [1.29, 1.82) is 0 Å². The van der Waals surface area contributed by atoms with E-state index < -0.39 is 0 Å². The van der Waals surface area contributed by atoms with Crippen LogP contribution in [0.25, 0.3) is 0 Å². The highest BCUT2D eigenvalue weighted by Crippen LogP contribution is 2.25. The third-order valence-electron chi connectivity index (χ3n) is 3.26. The van der Waals surface area contributed by atoms with Gasteiger partial charge in [0, 0.05) is 10.0 Å². The van der Waals surface area contributed by atoms with Crippen molar-refractivity contribution in [3.63, 3.8) is 0 Å². The molecule has 2 nitrogen and oxygen atoms in total. The number of halogens is 3. The standard InChI is InChI=1S/C15H15BrF2N2/c1-9-6-12(17)4-2-10(9)7-15(20-19)13-8-11(16)3-5-14(13)18/h2-6,8,15,20H,7,19H2,1H3. The molecule has 0 aliphatic rings. The van der Waals surface area contributed by atoms with Gasteiger partial charge in [-0.05, 0) is 54.8 Å². The molecule has 0 aliphatic carbocycles. The van der Waals surface area contributed by atoms with E-state index in [2.05, 4.69) is 21.4 Å². The predicted molar refractivity (Wildman–Crippen MR) is 79.0 cm³/mol. The average Bonchev–Trinajstić information content (AvgIpc) is 2.41. The smallest absolute Gasteiger partial charge is 0.128 e. The van der Waals surface area contributed by atoms with Crippen molar-refractivity contribution in [3.05, 3.63) is 69.2 Å². The highest BCUT2D eigenvalue weighted by molar-refractivity contribution is 9.10. The number of nitrogens with one attached hydrogen (secondary N) is 1. The molecule has 1 atom stereocenters. The third kappa shape index (κ3) is 3.42. The Hall–Kier alpha value is -1.30. The summed E-state index contributed by atoms with van der Waals surface area (Å²) in [4.78, 5) is 0. The molecule has 2 aromatic carbocycles. The first kappa shape index (κ1) is 15.1. The Morgan fingerprint density at radius 3 is 2.60 bits per heavy atom. The number of hydrogen-bond acceptors (Lipinski definition) is 2. The lowest BCUT2D eigenvalue weighted by molar-refractivity contribution is 0.509. The molecular formula is C15H15BrF2N2. The van der Waals surface area contributed by atoms with Gasteiger partial charge in [0.2, 0.25) is 0 Å². The highest BCUT2D eigenvalue weighted by atomic mass is 79.9. The first-order valence-corrected chi connectivity index (χ1v) is 6.96. The molecule has 0 fully saturated rings. The molecule has 2 rings (SSSR count). The van der Waals surface area contributed by atoms with Crippen molar-refractivity contribution in [2.24, 2.45) is 5.84 Å². The fourth-order valence-corrected chi connectivity index (χ4v) is 2.53. The molecule has 0 saturated heterocycles. The molecule has 0 radical (unpaired) electrons. The van der Waals surface area contributed by atoms with Crippen LogP contribution in [0.15, 0.2) is 40.9 Å². The van der Waals surface area contributed by atoms with Gasteiger partial charge in [-0.25, -0.2) is 8.78 Å². The minimum atomic E-state index is -0.378. The van der Waals surface area contributed by atoms with Crippen molar-refractivity contribution < 1.29 is 8.78 Å². The van der Waals surface area contributed by atoms with Gasteiger partial charge in [-0.3, -0.25) is 11.3 Å². The van der Waals surface area contributed by atoms with E-state index in [1.807, 2.05) is 6.92 Å². The van der Waals surface area contributed by atoms with Crippen LogP contribution in [-0.4, -0.2) is 0 Å². The van der Waals surface area contributed by atoms with E-state index in [1.54, 1.807) is 18.2 Å². The second-order valence-corrected chi connectivity index (χ2v) is 5.58. The largest absolute Gasteiger partial charge is 0.271 e. The molecule has 3 N–H and O–H groups in total. The number of benzene rings is 2. The van der Waals surface area contributed by atoms with Crippen molar-refractivity contribution in [3.8, 4) is 0 Å². The van der Waals surface area contributed by atoms with Crippen LogP contribution < -0.4 is 11.3 Å². The first-order chi connectivity index (χ1) is 9.51. The molecule has 0 heterocycles. The molecule has 0 bridgehead atoms. The molecule has 0 amide bonds. The van der Waals surface area contributed by atoms with Gasteiger partial charge >= 0.3 is 0 Å². The van der Waals surface area contributed by atoms with E-state index in [9.17, 15) is 8.78 Å². The molecule has 2 aromatic rings. The molecule has 5 heteroatoms. The summed E-state index contributed by atoms with van der Waals surface area (Å²) < 4.78 is 27.8. The fourth-order valence-electron chi connectivity index (χ4n) is 2.15. The van der Waals surface area contributed by atoms with Gasteiger partial charge in [0.05, 0.1) is 6.04 Å². The second-order valence-electron chi connectivity index (χ2n) is 4.66. The van der Waals surface area contributed by atoms with Crippen molar-refractivity contribution in [1.82, 2.24) is 5.43 Å². The fraction of sp³-hybridized carbons (Fsp3) is 0.200. The second kappa shape index (κ2) is 6.43. The number of nitrogens with two attached hydrogens (primary N) is 1. The molecule has 0 aliphatic heterocycles. The normalized spacial score (nSPS) is 12.4. The van der Waals surface area contributed by atoms with Gasteiger partial charge in [-0.15, -0.1) is 0 Å². The van der Waals surface area contributed by atoms with Gasteiger partial charge < -0.3 is 0 Å². The Labute approximate surface area is 125 Å². The lowest BCUT2D eigenvalue weighted by atomic mass is 9.96. The van der Waals surface area contributed by atoms with Crippen molar-refractivity contribution in [2.45, 2.75) is 19.4 Å². The summed E-state index contributed by atoms with van der Waals surface area (Å²) in [6.45, 7) is 1.82. The predicted octanol–water partition coefficient (Wildman–Crippen LogP) is 3.78. The lowest BCUT2D eigenvalue weighted by Crippen LogP contribution is -2.30. The van der Waals surface area contributed by atoms with E-state index in [4.69, 9.17) is 5.84 Å². The SMILES string of the molecule is Cc1cc(F)ccc1CC(NN)c1cc(Br)ccc1F. The van der Waals surface area contributed by atoms with E-state index in [-0.39, 0.29) is 17.7 Å².